The number of carbonyl (C=O) groups excluding carboxylic acids is 2. The van der Waals surface area contributed by atoms with E-state index in [1.165, 1.54) is 0 Å². The highest BCUT2D eigenvalue weighted by Gasteiger charge is 2.23. The minimum absolute atomic E-state index is 0.164. The topological polar surface area (TPSA) is 55.4 Å². The van der Waals surface area contributed by atoms with Gasteiger partial charge in [-0.1, -0.05) is 6.07 Å². The lowest BCUT2D eigenvalue weighted by atomic mass is 10.1. The van der Waals surface area contributed by atoms with E-state index in [0.717, 1.165) is 31.7 Å². The summed E-state index contributed by atoms with van der Waals surface area (Å²) in [6.07, 6.45) is 1.32. The number of nitrogens with one attached hydrogen (secondary N) is 1. The van der Waals surface area contributed by atoms with E-state index in [0.29, 0.717) is 31.0 Å². The van der Waals surface area contributed by atoms with Gasteiger partial charge in [0.15, 0.2) is 0 Å². The molecular formula is C22H27Cl2NO3S3. The maximum atomic E-state index is 12.6. The van der Waals surface area contributed by atoms with Crippen LogP contribution in [0.3, 0.4) is 0 Å². The van der Waals surface area contributed by atoms with Gasteiger partial charge in [0.1, 0.15) is 6.04 Å². The molecule has 2 aromatic rings. The Balaban J connectivity index is 2.00. The summed E-state index contributed by atoms with van der Waals surface area (Å²) in [6, 6.07) is 9.54. The van der Waals surface area contributed by atoms with Crippen molar-refractivity contribution in [3.63, 3.8) is 0 Å². The molecule has 0 saturated carbocycles. The number of carbonyl (C=O) groups is 2. The minimum Gasteiger partial charge on any atom is -0.464 e. The Kier molecular flexibility index (Phi) is 12.8. The van der Waals surface area contributed by atoms with Crippen LogP contribution in [-0.4, -0.2) is 47.8 Å². The highest BCUT2D eigenvalue weighted by Crippen LogP contribution is 2.28. The summed E-state index contributed by atoms with van der Waals surface area (Å²) in [5, 5.41) is 4.81. The number of aryl methyl sites for hydroxylation is 1. The van der Waals surface area contributed by atoms with Crippen molar-refractivity contribution in [2.45, 2.75) is 42.0 Å². The number of thioether (sulfide) groups is 2. The van der Waals surface area contributed by atoms with E-state index >= 15 is 0 Å². The third kappa shape index (κ3) is 10.1. The molecule has 0 aliphatic rings. The highest BCUT2D eigenvalue weighted by molar-refractivity contribution is 8.00. The van der Waals surface area contributed by atoms with Crippen LogP contribution < -0.4 is 5.32 Å². The lowest BCUT2D eigenvalue weighted by Gasteiger charge is -2.17. The van der Waals surface area contributed by atoms with Crippen LogP contribution in [0.1, 0.15) is 23.8 Å². The van der Waals surface area contributed by atoms with Crippen LogP contribution in [0.15, 0.2) is 45.5 Å². The maximum absolute atomic E-state index is 12.6. The molecular weight excluding hydrogens is 493 g/mol. The first-order valence-electron chi connectivity index (χ1n) is 10.1. The van der Waals surface area contributed by atoms with Crippen LogP contribution >= 0.6 is 58.1 Å². The molecule has 0 spiro atoms. The van der Waals surface area contributed by atoms with Gasteiger partial charge in [-0.25, -0.2) is 4.79 Å². The fraction of sp³-hybridized carbons (Fsp3) is 0.455. The summed E-state index contributed by atoms with van der Waals surface area (Å²) in [4.78, 5) is 28.2. The van der Waals surface area contributed by atoms with Gasteiger partial charge in [-0.2, -0.15) is 0 Å². The monoisotopic (exact) mass is 519 g/mol. The molecule has 1 amide bonds. The zero-order chi connectivity index (χ0) is 22.5. The van der Waals surface area contributed by atoms with Gasteiger partial charge in [0.2, 0.25) is 5.91 Å². The quantitative estimate of drug-likeness (QED) is 0.199. The van der Waals surface area contributed by atoms with Crippen LogP contribution in [0, 0.1) is 0 Å². The molecule has 1 aromatic heterocycles. The molecule has 1 N–H and O–H groups in total. The predicted molar refractivity (Wildman–Crippen MR) is 134 cm³/mol. The molecule has 0 aliphatic carbocycles. The predicted octanol–water partition coefficient (Wildman–Crippen LogP) is 5.63. The third-order valence-corrected chi connectivity index (χ3v) is 7.84. The van der Waals surface area contributed by atoms with Crippen molar-refractivity contribution < 1.29 is 14.3 Å². The normalized spacial score (nSPS) is 11.8. The second kappa shape index (κ2) is 15.1. The number of amides is 1. The number of benzene rings is 1. The number of ether oxygens (including phenoxy) is 1. The first-order valence-corrected chi connectivity index (χ1v) is 14.0. The van der Waals surface area contributed by atoms with Crippen molar-refractivity contribution in [2.75, 3.05) is 29.9 Å². The van der Waals surface area contributed by atoms with Gasteiger partial charge in [-0.15, -0.1) is 58.1 Å². The lowest BCUT2D eigenvalue weighted by molar-refractivity contribution is -0.147. The molecule has 31 heavy (non-hydrogen) atoms. The Morgan fingerprint density at radius 2 is 1.81 bits per heavy atom. The molecule has 0 bridgehead atoms. The Morgan fingerprint density at radius 1 is 1.13 bits per heavy atom. The van der Waals surface area contributed by atoms with Gasteiger partial charge in [-0.3, -0.25) is 4.79 Å². The van der Waals surface area contributed by atoms with Crippen molar-refractivity contribution in [3.05, 3.63) is 46.2 Å². The molecule has 170 valence electrons. The summed E-state index contributed by atoms with van der Waals surface area (Å²) in [5.74, 6) is 2.26. The van der Waals surface area contributed by atoms with Crippen molar-refractivity contribution in [1.82, 2.24) is 5.32 Å². The smallest absolute Gasteiger partial charge is 0.329 e. The minimum atomic E-state index is -0.674. The summed E-state index contributed by atoms with van der Waals surface area (Å²) < 4.78 is 5.15. The van der Waals surface area contributed by atoms with Crippen LogP contribution in [0.25, 0.3) is 0 Å². The molecule has 9 heteroatoms. The van der Waals surface area contributed by atoms with Gasteiger partial charge < -0.3 is 10.1 Å². The van der Waals surface area contributed by atoms with E-state index in [2.05, 4.69) is 23.5 Å². The number of hydrogen-bond acceptors (Lipinski definition) is 6. The van der Waals surface area contributed by atoms with Crippen LogP contribution in [0.5, 0.6) is 0 Å². The van der Waals surface area contributed by atoms with Crippen molar-refractivity contribution in [2.24, 2.45) is 0 Å². The van der Waals surface area contributed by atoms with Crippen LogP contribution in [0.4, 0.5) is 0 Å². The molecule has 1 aromatic carbocycles. The second-order valence-corrected chi connectivity index (χ2v) is 10.7. The fourth-order valence-electron chi connectivity index (χ4n) is 2.84. The van der Waals surface area contributed by atoms with Gasteiger partial charge in [0, 0.05) is 50.8 Å². The number of hydrogen-bond donors (Lipinski definition) is 1. The number of alkyl halides is 2. The van der Waals surface area contributed by atoms with E-state index < -0.39 is 12.0 Å². The van der Waals surface area contributed by atoms with Gasteiger partial charge in [-0.05, 0) is 48.6 Å². The zero-order valence-electron chi connectivity index (χ0n) is 17.4. The Hall–Kier alpha value is -0.860. The summed E-state index contributed by atoms with van der Waals surface area (Å²) in [5.41, 5.74) is 1.08. The fourth-order valence-corrected chi connectivity index (χ4v) is 5.65. The molecule has 2 rings (SSSR count). The number of thiophene rings is 1. The molecule has 1 heterocycles. The van der Waals surface area contributed by atoms with Gasteiger partial charge in [0.05, 0.1) is 6.61 Å². The number of halogens is 2. The van der Waals surface area contributed by atoms with Crippen LogP contribution in [-0.2, 0) is 27.2 Å². The first-order chi connectivity index (χ1) is 15.0. The Labute approximate surface area is 206 Å². The summed E-state index contributed by atoms with van der Waals surface area (Å²) >= 11 is 16.6. The van der Waals surface area contributed by atoms with E-state index in [1.807, 2.05) is 17.5 Å². The van der Waals surface area contributed by atoms with E-state index in [9.17, 15) is 9.59 Å². The van der Waals surface area contributed by atoms with Crippen molar-refractivity contribution in [3.8, 4) is 0 Å². The zero-order valence-corrected chi connectivity index (χ0v) is 21.4. The molecule has 0 saturated heterocycles. The van der Waals surface area contributed by atoms with E-state index in [-0.39, 0.29) is 12.5 Å². The molecule has 1 atom stereocenters. The first kappa shape index (κ1) is 26.4. The highest BCUT2D eigenvalue weighted by atomic mass is 35.5. The second-order valence-electron chi connectivity index (χ2n) is 6.54. The Morgan fingerprint density at radius 3 is 2.35 bits per heavy atom. The lowest BCUT2D eigenvalue weighted by Crippen LogP contribution is -2.43. The number of rotatable bonds is 14. The van der Waals surface area contributed by atoms with Crippen molar-refractivity contribution >= 4 is 69.9 Å². The summed E-state index contributed by atoms with van der Waals surface area (Å²) in [7, 11) is 0. The molecule has 0 radical (unpaired) electrons. The largest absolute Gasteiger partial charge is 0.464 e. The molecule has 4 nitrogen and oxygen atoms in total. The third-order valence-electron chi connectivity index (χ3n) is 4.16. The standard InChI is InChI=1S/C22H27Cl2NO3S3/c1-2-28-22(27)20(15-17-4-3-9-29-17)25-21(26)6-5-16-12-18(30-10-7-23)14-19(13-16)31-11-8-24/h3-4,9,12-14,20H,2,5-8,10-11,15H2,1H3,(H,25,26)/t20-/m0/s1. The van der Waals surface area contributed by atoms with Gasteiger partial charge in [0.25, 0.3) is 0 Å². The average molecular weight is 521 g/mol. The number of esters is 1. The Bertz CT molecular complexity index is 792. The molecule has 0 aliphatic heterocycles. The summed E-state index contributed by atoms with van der Waals surface area (Å²) in [6.45, 7) is 2.04. The maximum Gasteiger partial charge on any atom is 0.329 e. The molecule has 0 unspecified atom stereocenters. The van der Waals surface area contributed by atoms with Crippen LogP contribution in [0.2, 0.25) is 0 Å². The average Bonchev–Trinajstić information content (AvgIpc) is 3.27. The van der Waals surface area contributed by atoms with Gasteiger partial charge >= 0.3 is 5.97 Å². The SMILES string of the molecule is CCOC(=O)[C@H](Cc1cccs1)NC(=O)CCc1cc(SCCCl)cc(SCCCl)c1. The molecule has 0 fully saturated rings. The van der Waals surface area contributed by atoms with E-state index in [1.54, 1.807) is 41.8 Å². The van der Waals surface area contributed by atoms with Crippen molar-refractivity contribution in [1.29, 1.82) is 0 Å². The van der Waals surface area contributed by atoms with E-state index in [4.69, 9.17) is 27.9 Å².